The van der Waals surface area contributed by atoms with Crippen molar-refractivity contribution in [1.82, 2.24) is 9.13 Å². The van der Waals surface area contributed by atoms with Crippen LogP contribution in [0.2, 0.25) is 0 Å². The van der Waals surface area contributed by atoms with Crippen LogP contribution in [0, 0.1) is 29.1 Å². The highest BCUT2D eigenvalue weighted by Gasteiger charge is 2.42. The number of alkyl halides is 3. The molecule has 10 rings (SSSR count). The Morgan fingerprint density at radius 3 is 1.29 bits per heavy atom. The van der Waals surface area contributed by atoms with Gasteiger partial charge in [-0.3, -0.25) is 0 Å². The quantitative estimate of drug-likeness (QED) is 0.0933. The molecule has 0 saturated carbocycles. The minimum absolute atomic E-state index is 0.203. The first kappa shape index (κ1) is 36.2. The van der Waals surface area contributed by atoms with Crippen LogP contribution < -0.4 is 0 Å². The molecule has 2 heterocycles. The molecule has 0 aliphatic heterocycles. The summed E-state index contributed by atoms with van der Waals surface area (Å²) in [5.41, 5.74) is -0.906. The smallest absolute Gasteiger partial charge is 0.309 e. The number of para-hydroxylation sites is 2. The molecule has 10 aromatic rings. The van der Waals surface area contributed by atoms with E-state index in [4.69, 9.17) is 0 Å². The lowest BCUT2D eigenvalue weighted by molar-refractivity contribution is -0.137. The zero-order valence-corrected chi connectivity index (χ0v) is 30.4. The first-order valence-electron chi connectivity index (χ1n) is 18.5. The lowest BCUT2D eigenvalue weighted by atomic mass is 9.95. The summed E-state index contributed by atoms with van der Waals surface area (Å²) in [6, 6.07) is 44.5. The van der Waals surface area contributed by atoms with Gasteiger partial charge in [-0.25, -0.2) is 22.0 Å². The van der Waals surface area contributed by atoms with Crippen LogP contribution in [0.3, 0.4) is 0 Å². The molecule has 8 aromatic carbocycles. The second-order valence-corrected chi connectivity index (χ2v) is 14.2. The zero-order valence-electron chi connectivity index (χ0n) is 30.4. The van der Waals surface area contributed by atoms with Crippen LogP contribution in [-0.4, -0.2) is 9.13 Å². The molecule has 0 atom stereocenters. The predicted octanol–water partition coefficient (Wildman–Crippen LogP) is 14.6. The molecule has 0 aliphatic rings. The van der Waals surface area contributed by atoms with Gasteiger partial charge < -0.3 is 9.13 Å². The number of halogens is 8. The maximum atomic E-state index is 16.5. The fourth-order valence-electron chi connectivity index (χ4n) is 8.38. The van der Waals surface area contributed by atoms with Crippen molar-refractivity contribution in [1.29, 1.82) is 0 Å². The van der Waals surface area contributed by atoms with Gasteiger partial charge in [0.2, 0.25) is 5.82 Å². The third kappa shape index (κ3) is 5.54. The SMILES string of the molecule is Fc1c(F)c(F)c(-c2ccc(-n3c4ccccc4c4ccc(-c5ccccc5)cc43)c(C(F)(F)F)c2-n2c3ccccc3c3ccc(-c4ccccc4)cc32)c(F)c1F. The van der Waals surface area contributed by atoms with Crippen molar-refractivity contribution in [3.8, 4) is 44.8 Å². The molecular formula is C49H26F8N2. The van der Waals surface area contributed by atoms with Gasteiger partial charge in [0.05, 0.1) is 39.0 Å². The molecule has 0 aliphatic carbocycles. The average Bonchev–Trinajstić information content (AvgIpc) is 3.77. The molecule has 0 N–H and O–H groups in total. The second-order valence-electron chi connectivity index (χ2n) is 14.2. The third-order valence-corrected chi connectivity index (χ3v) is 10.9. The van der Waals surface area contributed by atoms with E-state index in [-0.39, 0.29) is 11.0 Å². The standard InChI is InChI=1S/C49H26F8N2/c50-43-41(44(51)46(53)47(54)45(43)52)35-23-24-38(58-36-17-9-7-15-31(36)33-21-19-29(25-39(33)58)27-11-3-1-4-12-27)42(49(55,56)57)48(35)59-37-18-10-8-16-32(37)34-22-20-30(26-40(34)59)28-13-5-2-6-14-28/h1-26H. The van der Waals surface area contributed by atoms with E-state index in [0.717, 1.165) is 23.3 Å². The summed E-state index contributed by atoms with van der Waals surface area (Å²) >= 11 is 0. The molecule has 0 unspecified atom stereocenters. The van der Waals surface area contributed by atoms with Crippen molar-refractivity contribution in [2.24, 2.45) is 0 Å². The fraction of sp³-hybridized carbons (Fsp3) is 0.0204. The third-order valence-electron chi connectivity index (χ3n) is 10.9. The van der Waals surface area contributed by atoms with Crippen LogP contribution in [0.1, 0.15) is 5.56 Å². The van der Waals surface area contributed by atoms with Crippen molar-refractivity contribution >= 4 is 43.6 Å². The van der Waals surface area contributed by atoms with Gasteiger partial charge in [-0.2, -0.15) is 13.2 Å². The summed E-state index contributed by atoms with van der Waals surface area (Å²) in [6.07, 6.45) is -5.28. The van der Waals surface area contributed by atoms with Crippen molar-refractivity contribution in [2.75, 3.05) is 0 Å². The molecule has 10 heteroatoms. The number of fused-ring (bicyclic) bond motifs is 6. The summed E-state index contributed by atoms with van der Waals surface area (Å²) in [4.78, 5) is 0. The van der Waals surface area contributed by atoms with Crippen LogP contribution in [0.4, 0.5) is 35.1 Å². The first-order valence-corrected chi connectivity index (χ1v) is 18.5. The van der Waals surface area contributed by atoms with Crippen molar-refractivity contribution in [3.05, 3.63) is 192 Å². The van der Waals surface area contributed by atoms with Gasteiger partial charge in [-0.15, -0.1) is 0 Å². The van der Waals surface area contributed by atoms with Gasteiger partial charge in [0, 0.05) is 27.1 Å². The maximum Gasteiger partial charge on any atom is 0.420 e. The van der Waals surface area contributed by atoms with Crippen LogP contribution >= 0.6 is 0 Å². The van der Waals surface area contributed by atoms with E-state index in [2.05, 4.69) is 0 Å². The van der Waals surface area contributed by atoms with Gasteiger partial charge in [0.25, 0.3) is 0 Å². The molecule has 0 bridgehead atoms. The van der Waals surface area contributed by atoms with Gasteiger partial charge >= 0.3 is 6.18 Å². The van der Waals surface area contributed by atoms with Gasteiger partial charge in [-0.05, 0) is 58.7 Å². The molecule has 0 radical (unpaired) electrons. The summed E-state index contributed by atoms with van der Waals surface area (Å²) < 4.78 is 129. The fourth-order valence-corrected chi connectivity index (χ4v) is 8.38. The van der Waals surface area contributed by atoms with E-state index in [1.807, 2.05) is 66.7 Å². The summed E-state index contributed by atoms with van der Waals surface area (Å²) in [5.74, 6) is -11.5. The van der Waals surface area contributed by atoms with Crippen LogP contribution in [0.25, 0.3) is 88.4 Å². The predicted molar refractivity (Wildman–Crippen MR) is 216 cm³/mol. The van der Waals surface area contributed by atoms with Gasteiger partial charge in [0.1, 0.15) is 5.56 Å². The molecule has 2 nitrogen and oxygen atoms in total. The zero-order chi connectivity index (χ0) is 40.7. The topological polar surface area (TPSA) is 9.86 Å². The Labute approximate surface area is 330 Å². The highest BCUT2D eigenvalue weighted by atomic mass is 19.4. The normalized spacial score (nSPS) is 12.1. The van der Waals surface area contributed by atoms with E-state index in [1.165, 1.54) is 9.13 Å². The molecule has 288 valence electrons. The molecule has 0 fully saturated rings. The molecule has 2 aromatic heterocycles. The lowest BCUT2D eigenvalue weighted by Crippen LogP contribution is -2.17. The largest absolute Gasteiger partial charge is 0.420 e. The highest BCUT2D eigenvalue weighted by Crippen LogP contribution is 2.49. The Morgan fingerprint density at radius 1 is 0.356 bits per heavy atom. The Hall–Kier alpha value is -7.20. The van der Waals surface area contributed by atoms with Crippen LogP contribution in [0.5, 0.6) is 0 Å². The monoisotopic (exact) mass is 794 g/mol. The second kappa shape index (κ2) is 13.4. The maximum absolute atomic E-state index is 16.5. The highest BCUT2D eigenvalue weighted by molar-refractivity contribution is 6.12. The molecule has 0 saturated heterocycles. The van der Waals surface area contributed by atoms with E-state index >= 15 is 30.7 Å². The van der Waals surface area contributed by atoms with Gasteiger partial charge in [0.15, 0.2) is 23.3 Å². The number of hydrogen-bond acceptors (Lipinski definition) is 0. The van der Waals surface area contributed by atoms with Crippen molar-refractivity contribution in [3.63, 3.8) is 0 Å². The van der Waals surface area contributed by atoms with Crippen molar-refractivity contribution < 1.29 is 35.1 Å². The number of aromatic nitrogens is 2. The number of benzene rings is 8. The molecular weight excluding hydrogens is 769 g/mol. The molecule has 59 heavy (non-hydrogen) atoms. The Balaban J connectivity index is 1.42. The van der Waals surface area contributed by atoms with Crippen LogP contribution in [0.15, 0.2) is 158 Å². The Morgan fingerprint density at radius 2 is 0.780 bits per heavy atom. The minimum Gasteiger partial charge on any atom is -0.309 e. The first-order chi connectivity index (χ1) is 28.5. The molecule has 0 spiro atoms. The van der Waals surface area contributed by atoms with E-state index < -0.39 is 63.3 Å². The summed E-state index contributed by atoms with van der Waals surface area (Å²) in [6.45, 7) is 0. The minimum atomic E-state index is -5.28. The molecule has 0 amide bonds. The number of rotatable bonds is 5. The summed E-state index contributed by atoms with van der Waals surface area (Å²) in [5, 5.41) is 2.24. The van der Waals surface area contributed by atoms with Crippen LogP contribution in [-0.2, 0) is 6.18 Å². The van der Waals surface area contributed by atoms with E-state index in [9.17, 15) is 4.39 Å². The average molecular weight is 795 g/mol. The van der Waals surface area contributed by atoms with E-state index in [0.29, 0.717) is 43.7 Å². The van der Waals surface area contributed by atoms with E-state index in [1.54, 1.807) is 78.9 Å². The number of hydrogen-bond donors (Lipinski definition) is 0. The number of nitrogens with zero attached hydrogens (tertiary/aromatic N) is 2. The summed E-state index contributed by atoms with van der Waals surface area (Å²) in [7, 11) is 0. The Bertz CT molecular complexity index is 3280. The Kier molecular flexibility index (Phi) is 8.24. The van der Waals surface area contributed by atoms with Crippen molar-refractivity contribution in [2.45, 2.75) is 6.18 Å². The van der Waals surface area contributed by atoms with Gasteiger partial charge in [-0.1, -0.05) is 121 Å². The lowest BCUT2D eigenvalue weighted by Gasteiger charge is -2.25.